The van der Waals surface area contributed by atoms with E-state index in [1.807, 2.05) is 18.2 Å². The molecule has 0 saturated carbocycles. The minimum atomic E-state index is -0.454. The molecule has 0 spiro atoms. The number of carbonyl (C=O) groups excluding carboxylic acids is 1. The molecule has 0 aliphatic carbocycles. The van der Waals surface area contributed by atoms with Crippen molar-refractivity contribution >= 4 is 16.9 Å². The highest BCUT2D eigenvalue weighted by molar-refractivity contribution is 5.77. The van der Waals surface area contributed by atoms with Gasteiger partial charge in [-0.2, -0.15) is 0 Å². The molecule has 1 aromatic heterocycles. The summed E-state index contributed by atoms with van der Waals surface area (Å²) in [6.07, 6.45) is 1.03. The van der Waals surface area contributed by atoms with Crippen molar-refractivity contribution in [1.82, 2.24) is 14.9 Å². The maximum Gasteiger partial charge on any atom is 0.220 e. The summed E-state index contributed by atoms with van der Waals surface area (Å²) in [5.74, 6) is 0.949. The van der Waals surface area contributed by atoms with Crippen molar-refractivity contribution < 1.29 is 9.90 Å². The Labute approximate surface area is 179 Å². The summed E-state index contributed by atoms with van der Waals surface area (Å²) in [5.41, 5.74) is 8.71. The van der Waals surface area contributed by atoms with Gasteiger partial charge in [0.2, 0.25) is 5.91 Å². The van der Waals surface area contributed by atoms with Crippen LogP contribution in [0, 0.1) is 27.7 Å². The number of nitrogens with one attached hydrogen (secondary N) is 1. The zero-order chi connectivity index (χ0) is 21.8. The van der Waals surface area contributed by atoms with E-state index < -0.39 is 6.10 Å². The molecule has 0 aliphatic rings. The molecule has 160 valence electrons. The molecule has 3 aromatic rings. The largest absolute Gasteiger partial charge is 0.393 e. The van der Waals surface area contributed by atoms with E-state index >= 15 is 0 Å². The molecule has 5 nitrogen and oxygen atoms in total. The maximum absolute atomic E-state index is 12.0. The van der Waals surface area contributed by atoms with Crippen LogP contribution >= 0.6 is 0 Å². The van der Waals surface area contributed by atoms with Crippen LogP contribution < -0.4 is 5.32 Å². The molecule has 5 heteroatoms. The van der Waals surface area contributed by atoms with Crippen molar-refractivity contribution in [2.75, 3.05) is 6.54 Å². The summed E-state index contributed by atoms with van der Waals surface area (Å²) in [6, 6.07) is 10.5. The van der Waals surface area contributed by atoms with Gasteiger partial charge in [-0.3, -0.25) is 4.79 Å². The number of benzene rings is 2. The molecule has 1 unspecified atom stereocenters. The molecule has 2 N–H and O–H groups in total. The van der Waals surface area contributed by atoms with E-state index in [2.05, 4.69) is 49.7 Å². The molecule has 30 heavy (non-hydrogen) atoms. The van der Waals surface area contributed by atoms with E-state index in [1.54, 1.807) is 6.92 Å². The van der Waals surface area contributed by atoms with Gasteiger partial charge in [0.25, 0.3) is 0 Å². The van der Waals surface area contributed by atoms with Crippen molar-refractivity contribution in [1.29, 1.82) is 0 Å². The minimum absolute atomic E-state index is 0.0282. The molecule has 1 atom stereocenters. The Bertz CT molecular complexity index is 1020. The molecule has 0 bridgehead atoms. The number of aliphatic hydroxyl groups is 1. The zero-order valence-corrected chi connectivity index (χ0v) is 18.7. The molecule has 2 aromatic carbocycles. The number of para-hydroxylation sites is 2. The number of aromatic nitrogens is 2. The lowest BCUT2D eigenvalue weighted by molar-refractivity contribution is -0.121. The Morgan fingerprint density at radius 3 is 2.47 bits per heavy atom. The number of fused-ring (bicyclic) bond motifs is 1. The predicted molar refractivity (Wildman–Crippen MR) is 122 cm³/mol. The standard InChI is InChI=1S/C25H33N3O2/c1-16-14-17(2)20(5)21(19(16)4)15-28-23-9-7-6-8-22(23)27-24(28)12-13-26-25(30)11-10-18(3)29/h6-9,14,18,29H,10-13,15H2,1-5H3,(H,26,30). The summed E-state index contributed by atoms with van der Waals surface area (Å²) < 4.78 is 2.28. The lowest BCUT2D eigenvalue weighted by Gasteiger charge is -2.18. The molecule has 0 aliphatic heterocycles. The van der Waals surface area contributed by atoms with Crippen LogP contribution in [0.1, 0.15) is 53.4 Å². The van der Waals surface area contributed by atoms with Crippen molar-refractivity contribution in [2.45, 2.75) is 66.5 Å². The second-order valence-electron chi connectivity index (χ2n) is 8.33. The second-order valence-corrected chi connectivity index (χ2v) is 8.33. The van der Waals surface area contributed by atoms with Gasteiger partial charge in [0.05, 0.1) is 17.1 Å². The topological polar surface area (TPSA) is 67.2 Å². The molecule has 1 heterocycles. The third-order valence-corrected chi connectivity index (χ3v) is 6.03. The summed E-state index contributed by atoms with van der Waals surface area (Å²) >= 11 is 0. The zero-order valence-electron chi connectivity index (χ0n) is 18.7. The fourth-order valence-electron chi connectivity index (χ4n) is 3.93. The Kier molecular flexibility index (Phi) is 6.93. The van der Waals surface area contributed by atoms with Crippen molar-refractivity contribution in [2.24, 2.45) is 0 Å². The van der Waals surface area contributed by atoms with E-state index in [1.165, 1.54) is 27.8 Å². The van der Waals surface area contributed by atoms with Gasteiger partial charge >= 0.3 is 0 Å². The Hall–Kier alpha value is -2.66. The van der Waals surface area contributed by atoms with Gasteiger partial charge < -0.3 is 15.0 Å². The summed E-state index contributed by atoms with van der Waals surface area (Å²) in [7, 11) is 0. The summed E-state index contributed by atoms with van der Waals surface area (Å²) in [5, 5.41) is 12.3. The fraction of sp³-hybridized carbons (Fsp3) is 0.440. The highest BCUT2D eigenvalue weighted by Crippen LogP contribution is 2.25. The predicted octanol–water partition coefficient (Wildman–Crippen LogP) is 4.14. The van der Waals surface area contributed by atoms with Crippen LogP contribution in [0.2, 0.25) is 0 Å². The van der Waals surface area contributed by atoms with Crippen LogP contribution in [0.3, 0.4) is 0 Å². The average molecular weight is 408 g/mol. The lowest BCUT2D eigenvalue weighted by atomic mass is 9.94. The van der Waals surface area contributed by atoms with E-state index in [9.17, 15) is 9.90 Å². The second kappa shape index (κ2) is 9.43. The van der Waals surface area contributed by atoms with Crippen molar-refractivity contribution in [3.63, 3.8) is 0 Å². The van der Waals surface area contributed by atoms with Gasteiger partial charge in [-0.05, 0) is 81.0 Å². The molecule has 1 amide bonds. The lowest BCUT2D eigenvalue weighted by Crippen LogP contribution is -2.27. The molecular formula is C25H33N3O2. The average Bonchev–Trinajstić information content (AvgIpc) is 3.05. The summed E-state index contributed by atoms with van der Waals surface area (Å²) in [6.45, 7) is 11.7. The smallest absolute Gasteiger partial charge is 0.220 e. The molecule has 0 fully saturated rings. The summed E-state index contributed by atoms with van der Waals surface area (Å²) in [4.78, 5) is 16.9. The van der Waals surface area contributed by atoms with Gasteiger partial charge in [-0.1, -0.05) is 18.2 Å². The fourth-order valence-corrected chi connectivity index (χ4v) is 3.93. The van der Waals surface area contributed by atoms with Crippen molar-refractivity contribution in [3.8, 4) is 0 Å². The third kappa shape index (κ3) is 4.90. The number of rotatable bonds is 8. The van der Waals surface area contributed by atoms with Gasteiger partial charge in [-0.15, -0.1) is 0 Å². The number of hydrogen-bond donors (Lipinski definition) is 2. The Morgan fingerprint density at radius 1 is 1.13 bits per heavy atom. The Morgan fingerprint density at radius 2 is 1.80 bits per heavy atom. The quantitative estimate of drug-likeness (QED) is 0.590. The highest BCUT2D eigenvalue weighted by atomic mass is 16.3. The number of amides is 1. The number of hydrogen-bond acceptors (Lipinski definition) is 3. The number of aryl methyl sites for hydroxylation is 2. The monoisotopic (exact) mass is 407 g/mol. The molecule has 0 saturated heterocycles. The SMILES string of the molecule is Cc1cc(C)c(C)c(Cn2c(CCNC(=O)CCC(C)O)nc3ccccc32)c1C. The first kappa shape index (κ1) is 22.0. The normalized spacial score (nSPS) is 12.3. The first-order valence-corrected chi connectivity index (χ1v) is 10.7. The van der Waals surface area contributed by atoms with Gasteiger partial charge in [-0.25, -0.2) is 4.98 Å². The first-order valence-electron chi connectivity index (χ1n) is 10.7. The number of aliphatic hydroxyl groups excluding tert-OH is 1. The van der Waals surface area contributed by atoms with Crippen LogP contribution in [0.4, 0.5) is 0 Å². The van der Waals surface area contributed by atoms with Crippen molar-refractivity contribution in [3.05, 3.63) is 64.0 Å². The molecular weight excluding hydrogens is 374 g/mol. The third-order valence-electron chi connectivity index (χ3n) is 6.03. The van der Waals surface area contributed by atoms with Crippen LogP contribution in [0.25, 0.3) is 11.0 Å². The highest BCUT2D eigenvalue weighted by Gasteiger charge is 2.15. The van der Waals surface area contributed by atoms with Crippen LogP contribution in [0.15, 0.2) is 30.3 Å². The van der Waals surface area contributed by atoms with Gasteiger partial charge in [0, 0.05) is 25.9 Å². The van der Waals surface area contributed by atoms with E-state index in [-0.39, 0.29) is 5.91 Å². The Balaban J connectivity index is 1.85. The number of carbonyl (C=O) groups is 1. The van der Waals surface area contributed by atoms with Gasteiger partial charge in [0.1, 0.15) is 5.82 Å². The van der Waals surface area contributed by atoms with Crippen LogP contribution in [-0.4, -0.2) is 33.2 Å². The first-order chi connectivity index (χ1) is 14.3. The molecule has 3 rings (SSSR count). The van der Waals surface area contributed by atoms with E-state index in [0.29, 0.717) is 25.8 Å². The maximum atomic E-state index is 12.0. The van der Waals surface area contributed by atoms with E-state index in [4.69, 9.17) is 4.98 Å². The number of imidazole rings is 1. The number of nitrogens with zero attached hydrogens (tertiary/aromatic N) is 2. The minimum Gasteiger partial charge on any atom is -0.393 e. The molecule has 0 radical (unpaired) electrons. The van der Waals surface area contributed by atoms with Gasteiger partial charge in [0.15, 0.2) is 0 Å². The van der Waals surface area contributed by atoms with E-state index in [0.717, 1.165) is 23.4 Å². The van der Waals surface area contributed by atoms with Crippen LogP contribution in [0.5, 0.6) is 0 Å². The van der Waals surface area contributed by atoms with Crippen LogP contribution in [-0.2, 0) is 17.8 Å².